The fourth-order valence-electron chi connectivity index (χ4n) is 0.945. The summed E-state index contributed by atoms with van der Waals surface area (Å²) in [6.07, 6.45) is 15.1. The van der Waals surface area contributed by atoms with Crippen molar-refractivity contribution in [2.45, 2.75) is 32.6 Å². The van der Waals surface area contributed by atoms with Crippen molar-refractivity contribution in [3.63, 3.8) is 0 Å². The average molecular weight is 222 g/mol. The van der Waals surface area contributed by atoms with E-state index in [1.54, 1.807) is 12.2 Å². The van der Waals surface area contributed by atoms with Crippen molar-refractivity contribution in [1.29, 1.82) is 0 Å². The summed E-state index contributed by atoms with van der Waals surface area (Å²) in [5, 5.41) is 0. The number of hydrogen-bond acceptors (Lipinski definition) is 3. The maximum atomic E-state index is 9.96. The number of rotatable bonds is 5. The first-order valence-corrected chi connectivity index (χ1v) is 5.41. The third kappa shape index (κ3) is 10.4. The maximum Gasteiger partial charge on any atom is 0.314 e. The molecule has 88 valence electrons. The minimum Gasteiger partial charge on any atom is -0.435 e. The maximum absolute atomic E-state index is 9.96. The summed E-state index contributed by atoms with van der Waals surface area (Å²) in [4.78, 5) is 19.7. The van der Waals surface area contributed by atoms with Crippen molar-refractivity contribution in [2.24, 2.45) is 0 Å². The van der Waals surface area contributed by atoms with Gasteiger partial charge in [-0.05, 0) is 31.4 Å². The largest absolute Gasteiger partial charge is 0.435 e. The molecule has 0 unspecified atom stereocenters. The first kappa shape index (κ1) is 14.4. The van der Waals surface area contributed by atoms with Crippen molar-refractivity contribution in [3.8, 4) is 0 Å². The molecule has 1 aliphatic rings. The third-order valence-corrected chi connectivity index (χ3v) is 1.70. The van der Waals surface area contributed by atoms with Crippen LogP contribution in [0.15, 0.2) is 36.6 Å². The second kappa shape index (κ2) is 11.4. The summed E-state index contributed by atoms with van der Waals surface area (Å²) in [5.41, 5.74) is 0. The van der Waals surface area contributed by atoms with Gasteiger partial charge in [0.25, 0.3) is 0 Å². The number of carbonyl (C=O) groups is 2. The zero-order valence-corrected chi connectivity index (χ0v) is 9.59. The van der Waals surface area contributed by atoms with Crippen LogP contribution in [0.4, 0.5) is 0 Å². The molecule has 1 rings (SSSR count). The molecule has 0 aliphatic carbocycles. The van der Waals surface area contributed by atoms with Gasteiger partial charge in [-0.3, -0.25) is 9.59 Å². The lowest BCUT2D eigenvalue weighted by molar-refractivity contribution is -0.135. The quantitative estimate of drug-likeness (QED) is 0.236. The van der Waals surface area contributed by atoms with Crippen molar-refractivity contribution in [1.82, 2.24) is 0 Å². The fourth-order valence-corrected chi connectivity index (χ4v) is 0.945. The van der Waals surface area contributed by atoms with E-state index < -0.39 is 0 Å². The number of allylic oxidation sites excluding steroid dienone is 4. The molecule has 0 radical (unpaired) electrons. The molecule has 0 aromatic heterocycles. The molecule has 3 nitrogen and oxygen atoms in total. The summed E-state index contributed by atoms with van der Waals surface area (Å²) in [7, 11) is 0. The van der Waals surface area contributed by atoms with E-state index in [0.29, 0.717) is 6.42 Å². The zero-order chi connectivity index (χ0) is 12.1. The highest BCUT2D eigenvalue weighted by Crippen LogP contribution is 1.96. The second-order valence-electron chi connectivity index (χ2n) is 3.09. The van der Waals surface area contributed by atoms with Gasteiger partial charge in [-0.1, -0.05) is 25.2 Å². The highest BCUT2D eigenvalue weighted by atomic mass is 16.5. The van der Waals surface area contributed by atoms with Crippen LogP contribution in [0.1, 0.15) is 32.6 Å². The van der Waals surface area contributed by atoms with Gasteiger partial charge in [-0.2, -0.15) is 0 Å². The fraction of sp³-hybridized carbons (Fsp3) is 0.385. The lowest BCUT2D eigenvalue weighted by Crippen LogP contribution is -1.87. The van der Waals surface area contributed by atoms with E-state index in [4.69, 9.17) is 0 Å². The van der Waals surface area contributed by atoms with E-state index in [-0.39, 0.29) is 5.97 Å². The second-order valence-corrected chi connectivity index (χ2v) is 3.09. The number of cyclic esters (lactones) is 1. The molecule has 0 amide bonds. The molecule has 0 saturated heterocycles. The van der Waals surface area contributed by atoms with Gasteiger partial charge in [-0.25, -0.2) is 0 Å². The predicted octanol–water partition coefficient (Wildman–Crippen LogP) is 2.93. The topological polar surface area (TPSA) is 43.4 Å². The van der Waals surface area contributed by atoms with Gasteiger partial charge in [0, 0.05) is 0 Å². The van der Waals surface area contributed by atoms with Crippen molar-refractivity contribution < 1.29 is 14.3 Å². The van der Waals surface area contributed by atoms with Crippen LogP contribution < -0.4 is 0 Å². The standard InChI is InChI=1S/C9H14O.C4H4O2/c1-2-3-4-5-6-7-8-9-10;5-4-2-1-3-6-4/h3-4,7-9H,2,5-6H2,1H3;1,3H,2H2. The number of unbranched alkanes of at least 4 members (excludes halogenated alkanes) is 1. The van der Waals surface area contributed by atoms with Gasteiger partial charge in [0.05, 0.1) is 12.7 Å². The molecule has 16 heavy (non-hydrogen) atoms. The van der Waals surface area contributed by atoms with Crippen molar-refractivity contribution in [2.75, 3.05) is 0 Å². The molecule has 0 aromatic rings. The molecule has 0 aromatic carbocycles. The Bertz CT molecular complexity index is 265. The number of hydrogen-bond donors (Lipinski definition) is 0. The average Bonchev–Trinajstić information content (AvgIpc) is 2.75. The molecule has 1 heterocycles. The summed E-state index contributed by atoms with van der Waals surface area (Å²) in [5.74, 6) is -0.157. The Morgan fingerprint density at radius 1 is 1.31 bits per heavy atom. The first-order valence-electron chi connectivity index (χ1n) is 5.41. The number of aldehydes is 1. The molecule has 0 spiro atoms. The SMILES string of the molecule is CCC=CCCC=CC=O.O=C1CC=CO1. The normalized spacial score (nSPS) is 13.9. The molecule has 0 atom stereocenters. The molecular formula is C13H18O3. The smallest absolute Gasteiger partial charge is 0.314 e. The lowest BCUT2D eigenvalue weighted by atomic mass is 10.2. The zero-order valence-electron chi connectivity index (χ0n) is 9.59. The van der Waals surface area contributed by atoms with E-state index in [1.807, 2.05) is 6.08 Å². The Morgan fingerprint density at radius 3 is 2.50 bits per heavy atom. The molecule has 1 aliphatic heterocycles. The highest BCUT2D eigenvalue weighted by Gasteiger charge is 2.00. The van der Waals surface area contributed by atoms with Crippen LogP contribution in [-0.2, 0) is 14.3 Å². The van der Waals surface area contributed by atoms with Crippen molar-refractivity contribution in [3.05, 3.63) is 36.6 Å². The van der Waals surface area contributed by atoms with E-state index in [2.05, 4.69) is 23.8 Å². The highest BCUT2D eigenvalue weighted by molar-refractivity contribution is 5.73. The van der Waals surface area contributed by atoms with Gasteiger partial charge in [-0.15, -0.1) is 0 Å². The van der Waals surface area contributed by atoms with Crippen LogP contribution in [0.25, 0.3) is 0 Å². The van der Waals surface area contributed by atoms with Crippen LogP contribution in [0.3, 0.4) is 0 Å². The summed E-state index contributed by atoms with van der Waals surface area (Å²) >= 11 is 0. The number of esters is 1. The van der Waals surface area contributed by atoms with Crippen LogP contribution in [-0.4, -0.2) is 12.3 Å². The van der Waals surface area contributed by atoms with Gasteiger partial charge < -0.3 is 4.74 Å². The molecule has 0 bridgehead atoms. The molecule has 0 saturated carbocycles. The summed E-state index contributed by atoms with van der Waals surface area (Å²) < 4.78 is 4.33. The van der Waals surface area contributed by atoms with Gasteiger partial charge in [0.2, 0.25) is 0 Å². The first-order chi connectivity index (χ1) is 7.81. The number of ether oxygens (including phenoxy) is 1. The van der Waals surface area contributed by atoms with E-state index in [0.717, 1.165) is 25.5 Å². The Kier molecular flexibility index (Phi) is 10.3. The monoisotopic (exact) mass is 222 g/mol. The molecule has 0 fully saturated rings. The third-order valence-electron chi connectivity index (χ3n) is 1.70. The lowest BCUT2D eigenvalue weighted by Gasteiger charge is -1.83. The van der Waals surface area contributed by atoms with Gasteiger partial charge in [0.1, 0.15) is 6.29 Å². The predicted molar refractivity (Wildman–Crippen MR) is 63.7 cm³/mol. The van der Waals surface area contributed by atoms with E-state index in [9.17, 15) is 9.59 Å². The molecular weight excluding hydrogens is 204 g/mol. The Balaban J connectivity index is 0.000000315. The van der Waals surface area contributed by atoms with Gasteiger partial charge >= 0.3 is 5.97 Å². The minimum absolute atomic E-state index is 0.157. The molecule has 3 heteroatoms. The summed E-state index contributed by atoms with van der Waals surface area (Å²) in [6, 6.07) is 0. The minimum atomic E-state index is -0.157. The van der Waals surface area contributed by atoms with Crippen LogP contribution >= 0.6 is 0 Å². The van der Waals surface area contributed by atoms with Crippen LogP contribution in [0.2, 0.25) is 0 Å². The van der Waals surface area contributed by atoms with Crippen LogP contribution in [0, 0.1) is 0 Å². The van der Waals surface area contributed by atoms with Gasteiger partial charge in [0.15, 0.2) is 0 Å². The van der Waals surface area contributed by atoms with Crippen molar-refractivity contribution >= 4 is 12.3 Å². The Morgan fingerprint density at radius 2 is 2.06 bits per heavy atom. The number of carbonyl (C=O) groups excluding carboxylic acids is 2. The van der Waals surface area contributed by atoms with E-state index in [1.165, 1.54) is 6.26 Å². The van der Waals surface area contributed by atoms with Crippen LogP contribution in [0.5, 0.6) is 0 Å². The molecule has 0 N–H and O–H groups in total. The summed E-state index contributed by atoms with van der Waals surface area (Å²) in [6.45, 7) is 2.11. The Hall–Kier alpha value is -1.64. The van der Waals surface area contributed by atoms with E-state index >= 15 is 0 Å². The Labute approximate surface area is 96.5 Å².